The Morgan fingerprint density at radius 3 is 2.26 bits per heavy atom. The highest BCUT2D eigenvalue weighted by atomic mass is 15.2. The highest BCUT2D eigenvalue weighted by Crippen LogP contribution is 2.28. The lowest BCUT2D eigenvalue weighted by atomic mass is 9.99. The molecule has 2 rings (SSSR count). The number of rotatable bonds is 2. The van der Waals surface area contributed by atoms with Gasteiger partial charge in [0.2, 0.25) is 0 Å². The predicted molar refractivity (Wildman–Crippen MR) is 73.8 cm³/mol. The summed E-state index contributed by atoms with van der Waals surface area (Å²) in [5, 5.41) is 18.8. The van der Waals surface area contributed by atoms with Crippen molar-refractivity contribution in [3.05, 3.63) is 22.4 Å². The van der Waals surface area contributed by atoms with E-state index in [1.807, 2.05) is 13.8 Å². The number of anilines is 1. The minimum Gasteiger partial charge on any atom is -0.355 e. The third-order valence-corrected chi connectivity index (χ3v) is 3.72. The van der Waals surface area contributed by atoms with E-state index in [0.717, 1.165) is 43.6 Å². The Kier molecular flexibility index (Phi) is 4.02. The molecule has 1 aromatic heterocycles. The molecule has 98 valence electrons. The zero-order valence-electron chi connectivity index (χ0n) is 11.5. The van der Waals surface area contributed by atoms with Gasteiger partial charge in [-0.05, 0) is 38.2 Å². The molecule has 0 saturated carbocycles. The minimum atomic E-state index is 0.451. The van der Waals surface area contributed by atoms with Crippen molar-refractivity contribution in [3.63, 3.8) is 0 Å². The zero-order chi connectivity index (χ0) is 13.8. The fourth-order valence-electron chi connectivity index (χ4n) is 2.72. The average molecular weight is 254 g/mol. The molecule has 2 heterocycles. The van der Waals surface area contributed by atoms with Crippen molar-refractivity contribution in [1.29, 1.82) is 10.5 Å². The van der Waals surface area contributed by atoms with Gasteiger partial charge in [-0.2, -0.15) is 10.5 Å². The molecule has 19 heavy (non-hydrogen) atoms. The first kappa shape index (κ1) is 13.4. The molecule has 0 amide bonds. The number of hydrogen-bond donors (Lipinski definition) is 0. The van der Waals surface area contributed by atoms with Gasteiger partial charge in [-0.1, -0.05) is 6.92 Å². The molecule has 0 spiro atoms. The second kappa shape index (κ2) is 5.71. The van der Waals surface area contributed by atoms with Gasteiger partial charge < -0.3 is 4.90 Å². The van der Waals surface area contributed by atoms with Crippen LogP contribution in [0.3, 0.4) is 0 Å². The van der Waals surface area contributed by atoms with Crippen LogP contribution < -0.4 is 4.90 Å². The normalized spacial score (nSPS) is 14.8. The first-order valence-electron chi connectivity index (χ1n) is 6.81. The number of nitriles is 2. The van der Waals surface area contributed by atoms with Crippen LogP contribution in [-0.2, 0) is 6.42 Å². The van der Waals surface area contributed by atoms with Crippen LogP contribution in [0, 0.1) is 29.6 Å². The standard InChI is InChI=1S/C15H18N4/c1-3-12-11(2)18-15(14(10-17)13(12)9-16)19-7-5-4-6-8-19/h3-8H2,1-2H3. The van der Waals surface area contributed by atoms with Gasteiger partial charge >= 0.3 is 0 Å². The third kappa shape index (κ3) is 2.39. The van der Waals surface area contributed by atoms with Crippen LogP contribution in [-0.4, -0.2) is 18.1 Å². The molecular formula is C15H18N4. The SMILES string of the molecule is CCc1c(C)nc(N2CCCCC2)c(C#N)c1C#N. The lowest BCUT2D eigenvalue weighted by Crippen LogP contribution is -2.31. The van der Waals surface area contributed by atoms with Gasteiger partial charge in [0.05, 0.1) is 5.56 Å². The molecule has 0 aliphatic carbocycles. The molecule has 4 heteroatoms. The van der Waals surface area contributed by atoms with Crippen molar-refractivity contribution in [1.82, 2.24) is 4.98 Å². The number of nitrogens with zero attached hydrogens (tertiary/aromatic N) is 4. The monoisotopic (exact) mass is 254 g/mol. The van der Waals surface area contributed by atoms with E-state index in [0.29, 0.717) is 16.9 Å². The molecule has 1 saturated heterocycles. The Bertz CT molecular complexity index is 557. The van der Waals surface area contributed by atoms with Crippen molar-refractivity contribution in [2.24, 2.45) is 0 Å². The van der Waals surface area contributed by atoms with E-state index in [1.54, 1.807) is 0 Å². The van der Waals surface area contributed by atoms with Crippen LogP contribution in [0.25, 0.3) is 0 Å². The molecule has 1 aliphatic rings. The van der Waals surface area contributed by atoms with E-state index < -0.39 is 0 Å². The lowest BCUT2D eigenvalue weighted by molar-refractivity contribution is 0.572. The molecule has 0 unspecified atom stereocenters. The van der Waals surface area contributed by atoms with Crippen molar-refractivity contribution in [2.45, 2.75) is 39.5 Å². The van der Waals surface area contributed by atoms with Crippen LogP contribution in [0.4, 0.5) is 5.82 Å². The quantitative estimate of drug-likeness (QED) is 0.814. The molecule has 0 N–H and O–H groups in total. The van der Waals surface area contributed by atoms with E-state index in [2.05, 4.69) is 22.0 Å². The average Bonchev–Trinajstić information content (AvgIpc) is 2.46. The van der Waals surface area contributed by atoms with Crippen molar-refractivity contribution >= 4 is 5.82 Å². The predicted octanol–water partition coefficient (Wildman–Crippen LogP) is 2.69. The van der Waals surface area contributed by atoms with Gasteiger partial charge in [-0.3, -0.25) is 0 Å². The largest absolute Gasteiger partial charge is 0.355 e. The summed E-state index contributed by atoms with van der Waals surface area (Å²) in [5.41, 5.74) is 2.74. The fraction of sp³-hybridized carbons (Fsp3) is 0.533. The smallest absolute Gasteiger partial charge is 0.148 e. The Morgan fingerprint density at radius 1 is 1.11 bits per heavy atom. The fourth-order valence-corrected chi connectivity index (χ4v) is 2.72. The van der Waals surface area contributed by atoms with E-state index in [-0.39, 0.29) is 0 Å². The summed E-state index contributed by atoms with van der Waals surface area (Å²) in [5.74, 6) is 0.702. The Hall–Kier alpha value is -2.07. The number of aryl methyl sites for hydroxylation is 1. The summed E-state index contributed by atoms with van der Waals surface area (Å²) in [6.07, 6.45) is 4.22. The summed E-state index contributed by atoms with van der Waals surface area (Å²) in [7, 11) is 0. The highest BCUT2D eigenvalue weighted by molar-refractivity contribution is 5.64. The van der Waals surface area contributed by atoms with Gasteiger partial charge in [-0.25, -0.2) is 4.98 Å². The number of piperidine rings is 1. The van der Waals surface area contributed by atoms with Crippen LogP contribution in [0.15, 0.2) is 0 Å². The number of pyridine rings is 1. The zero-order valence-corrected chi connectivity index (χ0v) is 11.5. The molecular weight excluding hydrogens is 236 g/mol. The van der Waals surface area contributed by atoms with E-state index in [1.165, 1.54) is 6.42 Å². The molecule has 0 radical (unpaired) electrons. The Balaban J connectivity index is 2.58. The van der Waals surface area contributed by atoms with Crippen LogP contribution >= 0.6 is 0 Å². The number of hydrogen-bond acceptors (Lipinski definition) is 4. The molecule has 0 atom stereocenters. The lowest BCUT2D eigenvalue weighted by Gasteiger charge is -2.29. The second-order valence-corrected chi connectivity index (χ2v) is 4.87. The maximum absolute atomic E-state index is 9.40. The summed E-state index contributed by atoms with van der Waals surface area (Å²) in [4.78, 5) is 6.75. The molecule has 1 aromatic rings. The van der Waals surface area contributed by atoms with Crippen molar-refractivity contribution < 1.29 is 0 Å². The first-order valence-corrected chi connectivity index (χ1v) is 6.81. The Labute approximate surface area is 114 Å². The summed E-state index contributed by atoms with van der Waals surface area (Å²) >= 11 is 0. The van der Waals surface area contributed by atoms with Gasteiger partial charge in [0.1, 0.15) is 23.5 Å². The molecule has 1 aliphatic heterocycles. The Morgan fingerprint density at radius 2 is 1.74 bits per heavy atom. The summed E-state index contributed by atoms with van der Waals surface area (Å²) in [6.45, 7) is 5.77. The molecule has 4 nitrogen and oxygen atoms in total. The van der Waals surface area contributed by atoms with Gasteiger partial charge in [0.25, 0.3) is 0 Å². The highest BCUT2D eigenvalue weighted by Gasteiger charge is 2.22. The van der Waals surface area contributed by atoms with E-state index >= 15 is 0 Å². The van der Waals surface area contributed by atoms with Crippen LogP contribution in [0.2, 0.25) is 0 Å². The van der Waals surface area contributed by atoms with Crippen LogP contribution in [0.1, 0.15) is 48.6 Å². The van der Waals surface area contributed by atoms with Gasteiger partial charge in [-0.15, -0.1) is 0 Å². The summed E-state index contributed by atoms with van der Waals surface area (Å²) < 4.78 is 0. The first-order chi connectivity index (χ1) is 9.22. The van der Waals surface area contributed by atoms with Crippen molar-refractivity contribution in [2.75, 3.05) is 18.0 Å². The minimum absolute atomic E-state index is 0.451. The maximum atomic E-state index is 9.40. The van der Waals surface area contributed by atoms with E-state index in [9.17, 15) is 10.5 Å². The maximum Gasteiger partial charge on any atom is 0.148 e. The van der Waals surface area contributed by atoms with Gasteiger partial charge in [0, 0.05) is 18.8 Å². The molecule has 0 aromatic carbocycles. The van der Waals surface area contributed by atoms with Crippen LogP contribution in [0.5, 0.6) is 0 Å². The molecule has 1 fully saturated rings. The second-order valence-electron chi connectivity index (χ2n) is 4.87. The topological polar surface area (TPSA) is 63.7 Å². The summed E-state index contributed by atoms with van der Waals surface area (Å²) in [6, 6.07) is 4.38. The third-order valence-electron chi connectivity index (χ3n) is 3.72. The van der Waals surface area contributed by atoms with Gasteiger partial charge in [0.15, 0.2) is 0 Å². The van der Waals surface area contributed by atoms with E-state index in [4.69, 9.17) is 0 Å². The molecule has 0 bridgehead atoms. The van der Waals surface area contributed by atoms with Crippen molar-refractivity contribution in [3.8, 4) is 12.1 Å². The number of aromatic nitrogens is 1.